The Hall–Kier alpha value is -0.530. The highest BCUT2D eigenvalue weighted by molar-refractivity contribution is 6.30. The van der Waals surface area contributed by atoms with Gasteiger partial charge in [-0.15, -0.1) is 0 Å². The monoisotopic (exact) mass is 291 g/mol. The molecule has 1 aromatic carbocycles. The SMILES string of the molecule is CC1(C)C2CCC1(C)C(NCCc1ccc(Cl)cc1)C2. The van der Waals surface area contributed by atoms with E-state index in [-0.39, 0.29) is 0 Å². The van der Waals surface area contributed by atoms with Crippen LogP contribution in [0.1, 0.15) is 45.6 Å². The van der Waals surface area contributed by atoms with Crippen LogP contribution >= 0.6 is 11.6 Å². The van der Waals surface area contributed by atoms with Crippen LogP contribution in [0, 0.1) is 16.7 Å². The first kappa shape index (κ1) is 14.4. The molecular formula is C18H26ClN. The van der Waals surface area contributed by atoms with Crippen molar-refractivity contribution in [3.8, 4) is 0 Å². The Morgan fingerprint density at radius 1 is 1.20 bits per heavy atom. The van der Waals surface area contributed by atoms with Gasteiger partial charge in [0.2, 0.25) is 0 Å². The zero-order valence-electron chi connectivity index (χ0n) is 12.9. The lowest BCUT2D eigenvalue weighted by Crippen LogP contribution is -2.45. The van der Waals surface area contributed by atoms with Gasteiger partial charge in [0.05, 0.1) is 0 Å². The highest BCUT2D eigenvalue weighted by atomic mass is 35.5. The van der Waals surface area contributed by atoms with Gasteiger partial charge in [-0.25, -0.2) is 0 Å². The fourth-order valence-electron chi connectivity index (χ4n) is 4.55. The van der Waals surface area contributed by atoms with Crippen molar-refractivity contribution in [1.29, 1.82) is 0 Å². The average Bonchev–Trinajstić information content (AvgIpc) is 2.74. The number of rotatable bonds is 4. The van der Waals surface area contributed by atoms with E-state index in [4.69, 9.17) is 11.6 Å². The molecule has 3 rings (SSSR count). The van der Waals surface area contributed by atoms with Crippen molar-refractivity contribution in [2.24, 2.45) is 16.7 Å². The summed E-state index contributed by atoms with van der Waals surface area (Å²) in [7, 11) is 0. The number of halogens is 1. The van der Waals surface area contributed by atoms with Gasteiger partial charge in [0.1, 0.15) is 0 Å². The summed E-state index contributed by atoms with van der Waals surface area (Å²) in [6.07, 6.45) is 5.28. The molecule has 3 atom stereocenters. The van der Waals surface area contributed by atoms with Gasteiger partial charge < -0.3 is 5.32 Å². The molecule has 2 aliphatic carbocycles. The van der Waals surface area contributed by atoms with Crippen LogP contribution in [0.15, 0.2) is 24.3 Å². The van der Waals surface area contributed by atoms with Gasteiger partial charge >= 0.3 is 0 Å². The Morgan fingerprint density at radius 3 is 2.45 bits per heavy atom. The van der Waals surface area contributed by atoms with Crippen LogP contribution in [0.2, 0.25) is 5.02 Å². The molecule has 2 aliphatic rings. The molecule has 0 spiro atoms. The largest absolute Gasteiger partial charge is 0.313 e. The van der Waals surface area contributed by atoms with Crippen molar-refractivity contribution >= 4 is 11.6 Å². The van der Waals surface area contributed by atoms with Crippen LogP contribution in [0.3, 0.4) is 0 Å². The summed E-state index contributed by atoms with van der Waals surface area (Å²) in [6.45, 7) is 8.53. The summed E-state index contributed by atoms with van der Waals surface area (Å²) in [5.41, 5.74) is 2.36. The molecule has 110 valence electrons. The molecule has 2 bridgehead atoms. The third-order valence-corrected chi connectivity index (χ3v) is 6.76. The average molecular weight is 292 g/mol. The molecule has 20 heavy (non-hydrogen) atoms. The molecule has 0 radical (unpaired) electrons. The van der Waals surface area contributed by atoms with Crippen molar-refractivity contribution in [3.05, 3.63) is 34.9 Å². The molecule has 2 heteroatoms. The summed E-state index contributed by atoms with van der Waals surface area (Å²) >= 11 is 5.93. The summed E-state index contributed by atoms with van der Waals surface area (Å²) in [5.74, 6) is 0.917. The molecule has 3 unspecified atom stereocenters. The minimum atomic E-state index is 0.484. The van der Waals surface area contributed by atoms with Crippen LogP contribution in [0.4, 0.5) is 0 Å². The molecule has 1 aromatic rings. The minimum Gasteiger partial charge on any atom is -0.313 e. The summed E-state index contributed by atoms with van der Waals surface area (Å²) in [5, 5.41) is 4.66. The summed E-state index contributed by atoms with van der Waals surface area (Å²) in [4.78, 5) is 0. The predicted octanol–water partition coefficient (Wildman–Crippen LogP) is 4.69. The smallest absolute Gasteiger partial charge is 0.0406 e. The van der Waals surface area contributed by atoms with E-state index in [2.05, 4.69) is 38.2 Å². The van der Waals surface area contributed by atoms with Crippen LogP contribution in [-0.2, 0) is 6.42 Å². The van der Waals surface area contributed by atoms with E-state index in [1.54, 1.807) is 0 Å². The molecular weight excluding hydrogens is 266 g/mol. The van der Waals surface area contributed by atoms with E-state index in [1.165, 1.54) is 24.8 Å². The van der Waals surface area contributed by atoms with Gasteiger partial charge in [-0.1, -0.05) is 44.5 Å². The van der Waals surface area contributed by atoms with Crippen molar-refractivity contribution in [3.63, 3.8) is 0 Å². The van der Waals surface area contributed by atoms with E-state index in [9.17, 15) is 0 Å². The molecule has 2 saturated carbocycles. The number of hydrogen-bond donors (Lipinski definition) is 1. The zero-order chi connectivity index (χ0) is 14.4. The molecule has 0 aliphatic heterocycles. The Bertz CT molecular complexity index is 479. The van der Waals surface area contributed by atoms with Crippen molar-refractivity contribution < 1.29 is 0 Å². The van der Waals surface area contributed by atoms with Crippen LogP contribution < -0.4 is 5.32 Å². The maximum absolute atomic E-state index is 5.93. The van der Waals surface area contributed by atoms with Crippen molar-refractivity contribution in [2.45, 2.75) is 52.5 Å². The van der Waals surface area contributed by atoms with Crippen molar-refractivity contribution in [1.82, 2.24) is 5.32 Å². The van der Waals surface area contributed by atoms with Gasteiger partial charge in [0.25, 0.3) is 0 Å². The number of benzene rings is 1. The molecule has 1 nitrogen and oxygen atoms in total. The highest BCUT2D eigenvalue weighted by Gasteiger charge is 2.60. The standard InChI is InChI=1S/C18H26ClN/c1-17(2)14-8-10-18(17,3)16(12-14)20-11-9-13-4-6-15(19)7-5-13/h4-7,14,16,20H,8-12H2,1-3H3. The molecule has 0 heterocycles. The second-order valence-electron chi connectivity index (χ2n) is 7.49. The molecule has 2 fully saturated rings. The van der Waals surface area contributed by atoms with Crippen LogP contribution in [-0.4, -0.2) is 12.6 Å². The first-order chi connectivity index (χ1) is 9.43. The number of fused-ring (bicyclic) bond motifs is 2. The zero-order valence-corrected chi connectivity index (χ0v) is 13.6. The third kappa shape index (κ3) is 2.19. The molecule has 1 N–H and O–H groups in total. The van der Waals surface area contributed by atoms with E-state index < -0.39 is 0 Å². The van der Waals surface area contributed by atoms with Gasteiger partial charge in [0.15, 0.2) is 0 Å². The lowest BCUT2D eigenvalue weighted by molar-refractivity contribution is 0.121. The molecule has 0 aromatic heterocycles. The lowest BCUT2D eigenvalue weighted by atomic mass is 9.69. The molecule has 0 saturated heterocycles. The Labute approximate surface area is 128 Å². The predicted molar refractivity (Wildman–Crippen MR) is 86.2 cm³/mol. The second kappa shape index (κ2) is 5.03. The third-order valence-electron chi connectivity index (χ3n) is 6.51. The van der Waals surface area contributed by atoms with E-state index >= 15 is 0 Å². The minimum absolute atomic E-state index is 0.484. The number of hydrogen-bond acceptors (Lipinski definition) is 1. The lowest BCUT2D eigenvalue weighted by Gasteiger charge is -2.39. The number of nitrogens with one attached hydrogen (secondary N) is 1. The summed E-state index contributed by atoms with van der Waals surface area (Å²) in [6, 6.07) is 8.94. The highest BCUT2D eigenvalue weighted by Crippen LogP contribution is 2.65. The fraction of sp³-hybridized carbons (Fsp3) is 0.667. The van der Waals surface area contributed by atoms with E-state index in [0.717, 1.165) is 23.9 Å². The Morgan fingerprint density at radius 2 is 1.90 bits per heavy atom. The van der Waals surface area contributed by atoms with Crippen LogP contribution in [0.5, 0.6) is 0 Å². The van der Waals surface area contributed by atoms with Crippen LogP contribution in [0.25, 0.3) is 0 Å². The maximum atomic E-state index is 5.93. The second-order valence-corrected chi connectivity index (χ2v) is 7.93. The first-order valence-electron chi connectivity index (χ1n) is 7.91. The van der Waals surface area contributed by atoms with Gasteiger partial charge in [-0.3, -0.25) is 0 Å². The van der Waals surface area contributed by atoms with E-state index in [1.807, 2.05) is 12.1 Å². The van der Waals surface area contributed by atoms with E-state index in [0.29, 0.717) is 16.9 Å². The van der Waals surface area contributed by atoms with Gasteiger partial charge in [-0.05, 0) is 66.7 Å². The maximum Gasteiger partial charge on any atom is 0.0406 e. The van der Waals surface area contributed by atoms with Gasteiger partial charge in [-0.2, -0.15) is 0 Å². The fourth-order valence-corrected chi connectivity index (χ4v) is 4.68. The Kier molecular flexibility index (Phi) is 3.63. The van der Waals surface area contributed by atoms with Gasteiger partial charge in [0, 0.05) is 11.1 Å². The summed E-state index contributed by atoms with van der Waals surface area (Å²) < 4.78 is 0. The normalized spacial score (nSPS) is 34.6. The topological polar surface area (TPSA) is 12.0 Å². The quantitative estimate of drug-likeness (QED) is 0.849. The first-order valence-corrected chi connectivity index (χ1v) is 8.29. The Balaban J connectivity index is 1.56. The molecule has 0 amide bonds. The van der Waals surface area contributed by atoms with Crippen molar-refractivity contribution in [2.75, 3.05) is 6.54 Å².